The molecule has 1 aromatic heterocycles. The van der Waals surface area contributed by atoms with Gasteiger partial charge >= 0.3 is 5.97 Å². The summed E-state index contributed by atoms with van der Waals surface area (Å²) in [4.78, 5) is 37.4. The summed E-state index contributed by atoms with van der Waals surface area (Å²) in [6.07, 6.45) is 0. The number of H-pyrrole nitrogens is 1. The van der Waals surface area contributed by atoms with Gasteiger partial charge in [-0.05, 0) is 24.6 Å². The van der Waals surface area contributed by atoms with Gasteiger partial charge in [-0.3, -0.25) is 9.59 Å². The minimum absolute atomic E-state index is 0.0641. The Hall–Kier alpha value is -3.46. The van der Waals surface area contributed by atoms with Gasteiger partial charge in [-0.2, -0.15) is 5.10 Å². The van der Waals surface area contributed by atoms with Crippen LogP contribution < -0.4 is 10.9 Å². The van der Waals surface area contributed by atoms with Gasteiger partial charge in [-0.25, -0.2) is 9.89 Å². The Bertz CT molecular complexity index is 991. The number of aromatic nitrogens is 2. The first-order valence-electron chi connectivity index (χ1n) is 8.60. The highest BCUT2D eigenvalue weighted by Gasteiger charge is 2.34. The van der Waals surface area contributed by atoms with E-state index >= 15 is 0 Å². The number of ether oxygens (including phenoxy) is 1. The summed E-state index contributed by atoms with van der Waals surface area (Å²) < 4.78 is 4.79. The van der Waals surface area contributed by atoms with Crippen molar-refractivity contribution in [1.82, 2.24) is 15.1 Å². The van der Waals surface area contributed by atoms with E-state index in [4.69, 9.17) is 9.84 Å². The Labute approximate surface area is 160 Å². The van der Waals surface area contributed by atoms with Crippen molar-refractivity contribution < 1.29 is 19.4 Å². The summed E-state index contributed by atoms with van der Waals surface area (Å²) in [6.45, 7) is 1.83. The van der Waals surface area contributed by atoms with E-state index in [-0.39, 0.29) is 42.4 Å². The lowest BCUT2D eigenvalue weighted by molar-refractivity contribution is -0.136. The maximum atomic E-state index is 12.7. The molecular weight excluding hydrogens is 364 g/mol. The van der Waals surface area contributed by atoms with Crippen LogP contribution in [0.5, 0.6) is 0 Å². The number of aliphatic hydroxyl groups excluding tert-OH is 1. The molecular formula is C19H20N4O5. The highest BCUT2D eigenvalue weighted by Crippen LogP contribution is 2.28. The molecule has 0 atom stereocenters. The van der Waals surface area contributed by atoms with Crippen molar-refractivity contribution >= 4 is 17.6 Å². The van der Waals surface area contributed by atoms with Gasteiger partial charge < -0.3 is 20.1 Å². The third-order valence-corrected chi connectivity index (χ3v) is 4.43. The summed E-state index contributed by atoms with van der Waals surface area (Å²) >= 11 is 0. The highest BCUT2D eigenvalue weighted by atomic mass is 16.5. The van der Waals surface area contributed by atoms with Gasteiger partial charge in [0.2, 0.25) is 0 Å². The van der Waals surface area contributed by atoms with Crippen molar-refractivity contribution in [2.24, 2.45) is 0 Å². The zero-order valence-corrected chi connectivity index (χ0v) is 15.5. The molecule has 3 rings (SSSR count). The number of β-amino-alcohol motifs (C(OH)–C–C–N with tert-alkyl or cyclic N) is 1. The van der Waals surface area contributed by atoms with E-state index in [0.717, 1.165) is 11.1 Å². The van der Waals surface area contributed by atoms with E-state index < -0.39 is 5.97 Å². The van der Waals surface area contributed by atoms with Crippen LogP contribution in [-0.4, -0.2) is 58.9 Å². The number of hydrogen-bond acceptors (Lipinski definition) is 7. The zero-order valence-electron chi connectivity index (χ0n) is 15.5. The Morgan fingerprint density at radius 1 is 1.32 bits per heavy atom. The van der Waals surface area contributed by atoms with Crippen molar-refractivity contribution in [2.45, 2.75) is 6.92 Å². The lowest BCUT2D eigenvalue weighted by Gasteiger charge is -2.16. The molecule has 0 fully saturated rings. The van der Waals surface area contributed by atoms with Crippen LogP contribution in [0.4, 0.5) is 5.69 Å². The molecule has 1 aliphatic rings. The van der Waals surface area contributed by atoms with Crippen LogP contribution in [0.15, 0.2) is 46.4 Å². The molecule has 1 amide bonds. The van der Waals surface area contributed by atoms with Crippen molar-refractivity contribution in [3.05, 3.63) is 57.5 Å². The fourth-order valence-corrected chi connectivity index (χ4v) is 2.90. The van der Waals surface area contributed by atoms with Gasteiger partial charge in [0.05, 0.1) is 31.5 Å². The fraction of sp³-hybridized carbons (Fsp3) is 0.263. The molecule has 0 spiro atoms. The number of amides is 1. The molecule has 0 bridgehead atoms. The summed E-state index contributed by atoms with van der Waals surface area (Å²) in [5.41, 5.74) is 2.76. The second-order valence-electron chi connectivity index (χ2n) is 6.26. The average molecular weight is 384 g/mol. The van der Waals surface area contributed by atoms with Crippen LogP contribution in [0.25, 0.3) is 11.3 Å². The molecule has 9 nitrogen and oxygen atoms in total. The van der Waals surface area contributed by atoms with Crippen molar-refractivity contribution in [3.8, 4) is 11.3 Å². The predicted octanol–water partition coefficient (Wildman–Crippen LogP) is 0.419. The third kappa shape index (κ3) is 3.79. The molecule has 0 unspecified atom stereocenters. The number of carbonyl (C=O) groups excluding carboxylic acids is 2. The smallest absolute Gasteiger partial charge is 0.337 e. The van der Waals surface area contributed by atoms with E-state index in [1.165, 1.54) is 18.1 Å². The second kappa shape index (κ2) is 8.05. The Balaban J connectivity index is 1.97. The van der Waals surface area contributed by atoms with Crippen LogP contribution in [-0.2, 0) is 14.3 Å². The van der Waals surface area contributed by atoms with Crippen molar-refractivity contribution in [1.29, 1.82) is 0 Å². The number of benzene rings is 1. The van der Waals surface area contributed by atoms with Gasteiger partial charge in [0.1, 0.15) is 5.70 Å². The Morgan fingerprint density at radius 3 is 2.75 bits per heavy atom. The summed E-state index contributed by atoms with van der Waals surface area (Å²) in [7, 11) is 1.25. The van der Waals surface area contributed by atoms with E-state index in [1.807, 2.05) is 19.1 Å². The number of nitrogens with one attached hydrogen (secondary N) is 2. The SMILES string of the molecule is COC(=O)C1=C(Nc2cc(-c3ccc(=O)[nH]n3)ccc2C)C(=O)N(CCO)C1. The second-order valence-corrected chi connectivity index (χ2v) is 6.26. The number of carbonyl (C=O) groups is 2. The molecule has 0 saturated carbocycles. The molecule has 28 heavy (non-hydrogen) atoms. The monoisotopic (exact) mass is 384 g/mol. The third-order valence-electron chi connectivity index (χ3n) is 4.43. The summed E-state index contributed by atoms with van der Waals surface area (Å²) in [6, 6.07) is 8.43. The quantitative estimate of drug-likeness (QED) is 0.617. The number of methoxy groups -OCH3 is 1. The highest BCUT2D eigenvalue weighted by molar-refractivity contribution is 6.08. The number of aryl methyl sites for hydroxylation is 1. The van der Waals surface area contributed by atoms with Gasteiger partial charge in [0.15, 0.2) is 0 Å². The zero-order chi connectivity index (χ0) is 20.3. The first kappa shape index (κ1) is 19.3. The normalized spacial score (nSPS) is 13.8. The number of aromatic amines is 1. The number of rotatable bonds is 6. The number of esters is 1. The summed E-state index contributed by atoms with van der Waals surface area (Å²) in [5, 5.41) is 18.6. The molecule has 0 saturated heterocycles. The molecule has 1 aliphatic heterocycles. The molecule has 0 aliphatic carbocycles. The lowest BCUT2D eigenvalue weighted by atomic mass is 10.1. The van der Waals surface area contributed by atoms with Gasteiger partial charge in [-0.15, -0.1) is 0 Å². The molecule has 146 valence electrons. The Morgan fingerprint density at radius 2 is 2.11 bits per heavy atom. The predicted molar refractivity (Wildman–Crippen MR) is 101 cm³/mol. The first-order chi connectivity index (χ1) is 13.4. The van der Waals surface area contributed by atoms with Crippen LogP contribution >= 0.6 is 0 Å². The van der Waals surface area contributed by atoms with E-state index in [1.54, 1.807) is 12.1 Å². The van der Waals surface area contributed by atoms with Crippen LogP contribution in [0.2, 0.25) is 0 Å². The minimum atomic E-state index is -0.604. The van der Waals surface area contributed by atoms with Crippen molar-refractivity contribution in [2.75, 3.05) is 32.1 Å². The average Bonchev–Trinajstić information content (AvgIpc) is 3.00. The topological polar surface area (TPSA) is 125 Å². The molecule has 2 aromatic rings. The van der Waals surface area contributed by atoms with Crippen LogP contribution in [0, 0.1) is 6.92 Å². The Kier molecular flexibility index (Phi) is 5.55. The number of aliphatic hydroxyl groups is 1. The summed E-state index contributed by atoms with van der Waals surface area (Å²) in [5.74, 6) is -0.992. The fourth-order valence-electron chi connectivity index (χ4n) is 2.90. The minimum Gasteiger partial charge on any atom is -0.466 e. The number of hydrogen-bond donors (Lipinski definition) is 3. The van der Waals surface area contributed by atoms with E-state index in [0.29, 0.717) is 11.4 Å². The molecule has 1 aromatic carbocycles. The number of anilines is 1. The molecule has 2 heterocycles. The van der Waals surface area contributed by atoms with Crippen LogP contribution in [0.1, 0.15) is 5.56 Å². The van der Waals surface area contributed by atoms with Gasteiger partial charge in [-0.1, -0.05) is 12.1 Å². The lowest BCUT2D eigenvalue weighted by Crippen LogP contribution is -2.31. The molecule has 9 heteroatoms. The van der Waals surface area contributed by atoms with Gasteiger partial charge in [0.25, 0.3) is 11.5 Å². The maximum absolute atomic E-state index is 12.7. The first-order valence-corrected chi connectivity index (χ1v) is 8.60. The standard InChI is InChI=1S/C19H20N4O5/c1-11-3-4-12(14-5-6-16(25)22-21-14)9-15(11)20-17-13(19(27)28-2)10-23(7-8-24)18(17)26/h3-6,9,20,24H,7-8,10H2,1-2H3,(H,22,25). The molecule has 3 N–H and O–H groups in total. The number of nitrogens with zero attached hydrogens (tertiary/aromatic N) is 2. The molecule has 0 radical (unpaired) electrons. The maximum Gasteiger partial charge on any atom is 0.337 e. The van der Waals surface area contributed by atoms with Crippen LogP contribution in [0.3, 0.4) is 0 Å². The van der Waals surface area contributed by atoms with Crippen molar-refractivity contribution in [3.63, 3.8) is 0 Å². The largest absolute Gasteiger partial charge is 0.466 e. The van der Waals surface area contributed by atoms with Gasteiger partial charge in [0, 0.05) is 23.9 Å². The van der Waals surface area contributed by atoms with E-state index in [9.17, 15) is 14.4 Å². The van der Waals surface area contributed by atoms with E-state index in [2.05, 4.69) is 15.5 Å².